The Bertz CT molecular complexity index is 305. The topological polar surface area (TPSA) is 64.6 Å². The van der Waals surface area contributed by atoms with E-state index in [0.717, 1.165) is 25.7 Å². The molecule has 110 valence electrons. The fraction of sp³-hybridized carbons (Fsp3) is 0.846. The quantitative estimate of drug-likeness (QED) is 0.619. The van der Waals surface area contributed by atoms with E-state index in [1.807, 2.05) is 0 Å². The Hall–Kier alpha value is -0.780. The Morgan fingerprint density at radius 2 is 1.95 bits per heavy atom. The highest BCUT2D eigenvalue weighted by Gasteiger charge is 2.35. The van der Waals surface area contributed by atoms with Gasteiger partial charge in [0, 0.05) is 0 Å². The predicted molar refractivity (Wildman–Crippen MR) is 75.3 cm³/mol. The van der Waals surface area contributed by atoms with Gasteiger partial charge in [-0.3, -0.25) is 4.79 Å². The first kappa shape index (κ1) is 16.3. The number of alkyl halides is 1. The van der Waals surface area contributed by atoms with Crippen LogP contribution in [-0.4, -0.2) is 36.6 Å². The van der Waals surface area contributed by atoms with Crippen LogP contribution in [0.1, 0.15) is 39.0 Å². The van der Waals surface area contributed by atoms with Gasteiger partial charge < -0.3 is 14.8 Å². The van der Waals surface area contributed by atoms with Crippen LogP contribution < -0.4 is 5.32 Å². The van der Waals surface area contributed by atoms with E-state index in [-0.39, 0.29) is 17.9 Å². The summed E-state index contributed by atoms with van der Waals surface area (Å²) in [6.45, 7) is 2.06. The van der Waals surface area contributed by atoms with Crippen molar-refractivity contribution in [3.05, 3.63) is 0 Å². The van der Waals surface area contributed by atoms with Gasteiger partial charge in [0.25, 0.3) is 0 Å². The molecule has 0 radical (unpaired) electrons. The molecule has 1 amide bonds. The Kier molecular flexibility index (Phi) is 7.20. The van der Waals surface area contributed by atoms with Crippen molar-refractivity contribution >= 4 is 28.0 Å². The highest BCUT2D eigenvalue weighted by atomic mass is 79.9. The molecule has 1 aliphatic carbocycles. The summed E-state index contributed by atoms with van der Waals surface area (Å²) in [4.78, 5) is 22.7. The Labute approximate surface area is 122 Å². The largest absolute Gasteiger partial charge is 0.468 e. The number of alkyl carbamates (subject to hydrolysis) is 1. The zero-order valence-electron chi connectivity index (χ0n) is 11.5. The van der Waals surface area contributed by atoms with Gasteiger partial charge in [0.2, 0.25) is 0 Å². The van der Waals surface area contributed by atoms with E-state index >= 15 is 0 Å². The molecular formula is C13H22BrNO4. The summed E-state index contributed by atoms with van der Waals surface area (Å²) < 4.78 is 9.65. The van der Waals surface area contributed by atoms with Gasteiger partial charge in [0.1, 0.15) is 4.83 Å². The maximum atomic E-state index is 11.7. The lowest BCUT2D eigenvalue weighted by molar-refractivity contribution is -0.140. The molecule has 0 saturated heterocycles. The number of carbonyl (C=O) groups is 2. The van der Waals surface area contributed by atoms with Gasteiger partial charge in [-0.15, -0.1) is 0 Å². The maximum absolute atomic E-state index is 11.7. The molecule has 19 heavy (non-hydrogen) atoms. The van der Waals surface area contributed by atoms with Crippen LogP contribution in [0, 0.1) is 5.92 Å². The van der Waals surface area contributed by atoms with Gasteiger partial charge in [0.05, 0.1) is 19.8 Å². The van der Waals surface area contributed by atoms with Crippen molar-refractivity contribution in [2.75, 3.05) is 13.7 Å². The fourth-order valence-electron chi connectivity index (χ4n) is 2.49. The lowest BCUT2D eigenvalue weighted by Gasteiger charge is -2.32. The van der Waals surface area contributed by atoms with Crippen molar-refractivity contribution in [3.8, 4) is 0 Å². The third-order valence-corrected chi connectivity index (χ3v) is 4.40. The molecule has 0 aromatic heterocycles. The molecule has 0 aromatic rings. The lowest BCUT2D eigenvalue weighted by atomic mass is 9.82. The van der Waals surface area contributed by atoms with Crippen LogP contribution in [0.3, 0.4) is 0 Å². The van der Waals surface area contributed by atoms with Crippen molar-refractivity contribution in [1.82, 2.24) is 5.32 Å². The molecule has 1 fully saturated rings. The number of rotatable bonds is 5. The van der Waals surface area contributed by atoms with Crippen LogP contribution in [0.5, 0.6) is 0 Å². The minimum Gasteiger partial charge on any atom is -0.468 e. The Balaban J connectivity index is 2.70. The Morgan fingerprint density at radius 3 is 2.47 bits per heavy atom. The molecule has 1 rings (SSSR count). The van der Waals surface area contributed by atoms with E-state index < -0.39 is 10.9 Å². The van der Waals surface area contributed by atoms with Crippen LogP contribution >= 0.6 is 15.9 Å². The summed E-state index contributed by atoms with van der Waals surface area (Å²) >= 11 is 3.34. The molecule has 0 heterocycles. The van der Waals surface area contributed by atoms with Crippen LogP contribution in [0.25, 0.3) is 0 Å². The van der Waals surface area contributed by atoms with Crippen LogP contribution in [0.15, 0.2) is 0 Å². The number of hydrogen-bond acceptors (Lipinski definition) is 4. The summed E-state index contributed by atoms with van der Waals surface area (Å²) in [6.07, 6.45) is 5.02. The summed E-state index contributed by atoms with van der Waals surface area (Å²) in [5, 5.41) is 2.79. The van der Waals surface area contributed by atoms with E-state index in [0.29, 0.717) is 6.61 Å². The molecular weight excluding hydrogens is 314 g/mol. The van der Waals surface area contributed by atoms with Crippen molar-refractivity contribution in [2.24, 2.45) is 5.92 Å². The summed E-state index contributed by atoms with van der Waals surface area (Å²) in [5.74, 6) is -0.0889. The zero-order valence-corrected chi connectivity index (χ0v) is 13.1. The average Bonchev–Trinajstić information content (AvgIpc) is 2.44. The van der Waals surface area contributed by atoms with E-state index in [4.69, 9.17) is 9.47 Å². The molecule has 6 heteroatoms. The van der Waals surface area contributed by atoms with Crippen molar-refractivity contribution in [2.45, 2.75) is 49.9 Å². The number of carbonyl (C=O) groups excluding carboxylic acids is 2. The van der Waals surface area contributed by atoms with E-state index in [2.05, 4.69) is 21.2 Å². The molecule has 0 aliphatic heterocycles. The Morgan fingerprint density at radius 1 is 1.32 bits per heavy atom. The summed E-state index contributed by atoms with van der Waals surface area (Å²) in [7, 11) is 1.35. The average molecular weight is 336 g/mol. The molecule has 1 aliphatic rings. The van der Waals surface area contributed by atoms with Crippen LogP contribution in [0.2, 0.25) is 0 Å². The zero-order chi connectivity index (χ0) is 14.3. The summed E-state index contributed by atoms with van der Waals surface area (Å²) in [6, 6.07) is -0.285. The maximum Gasteiger partial charge on any atom is 0.407 e. The number of amides is 1. The number of nitrogens with one attached hydrogen (secondary N) is 1. The highest BCUT2D eigenvalue weighted by Crippen LogP contribution is 2.30. The third-order valence-electron chi connectivity index (χ3n) is 3.46. The van der Waals surface area contributed by atoms with Gasteiger partial charge >= 0.3 is 12.1 Å². The minimum absolute atomic E-state index is 0.279. The normalized spacial score (nSPS) is 19.3. The van der Waals surface area contributed by atoms with E-state index in [1.54, 1.807) is 6.92 Å². The van der Waals surface area contributed by atoms with Gasteiger partial charge in [-0.1, -0.05) is 35.2 Å². The smallest absolute Gasteiger partial charge is 0.407 e. The molecule has 0 aromatic carbocycles. The molecule has 0 unspecified atom stereocenters. The summed E-state index contributed by atoms with van der Waals surface area (Å²) in [5.41, 5.74) is 0. The third kappa shape index (κ3) is 5.01. The van der Waals surface area contributed by atoms with Crippen molar-refractivity contribution in [1.29, 1.82) is 0 Å². The molecule has 1 N–H and O–H groups in total. The molecule has 1 saturated carbocycles. The second-order valence-electron chi connectivity index (χ2n) is 4.71. The molecule has 0 spiro atoms. The van der Waals surface area contributed by atoms with Gasteiger partial charge in [-0.25, -0.2) is 4.79 Å². The van der Waals surface area contributed by atoms with Crippen LogP contribution in [0.4, 0.5) is 4.79 Å². The van der Waals surface area contributed by atoms with E-state index in [9.17, 15) is 9.59 Å². The van der Waals surface area contributed by atoms with Gasteiger partial charge in [-0.05, 0) is 25.7 Å². The number of ether oxygens (including phenoxy) is 2. The second-order valence-corrected chi connectivity index (χ2v) is 5.70. The lowest BCUT2D eigenvalue weighted by Crippen LogP contribution is -2.49. The number of hydrogen-bond donors (Lipinski definition) is 1. The van der Waals surface area contributed by atoms with E-state index in [1.165, 1.54) is 13.5 Å². The number of methoxy groups -OCH3 is 1. The molecule has 5 nitrogen and oxygen atoms in total. The van der Waals surface area contributed by atoms with Crippen LogP contribution in [-0.2, 0) is 14.3 Å². The van der Waals surface area contributed by atoms with Gasteiger partial charge in [-0.2, -0.15) is 0 Å². The molecule has 0 bridgehead atoms. The van der Waals surface area contributed by atoms with Gasteiger partial charge in [0.15, 0.2) is 0 Å². The first-order chi connectivity index (χ1) is 9.10. The fourth-order valence-corrected chi connectivity index (χ4v) is 3.24. The molecule has 2 atom stereocenters. The number of halogens is 1. The standard InChI is InChI=1S/C13H22BrNO4/c1-3-19-13(17)15-11(10(14)12(16)18-2)9-7-5-4-6-8-9/h9-11H,3-8H2,1-2H3,(H,15,17)/t10-,11-/m0/s1. The van der Waals surface area contributed by atoms with Crippen molar-refractivity contribution in [3.63, 3.8) is 0 Å². The first-order valence-electron chi connectivity index (χ1n) is 6.75. The number of esters is 1. The second kappa shape index (κ2) is 8.40. The minimum atomic E-state index is -0.537. The predicted octanol–water partition coefficient (Wildman–Crippen LogP) is 2.62. The first-order valence-corrected chi connectivity index (χ1v) is 7.66. The van der Waals surface area contributed by atoms with Crippen molar-refractivity contribution < 1.29 is 19.1 Å². The monoisotopic (exact) mass is 335 g/mol. The highest BCUT2D eigenvalue weighted by molar-refractivity contribution is 9.10. The SMILES string of the molecule is CCOC(=O)N[C@@H](C1CCCCC1)[C@H](Br)C(=O)OC.